The van der Waals surface area contributed by atoms with Crippen LogP contribution in [0.15, 0.2) is 84.0 Å². The number of anilines is 1. The summed E-state index contributed by atoms with van der Waals surface area (Å²) in [5.41, 5.74) is 5.94. The molecule has 0 radical (unpaired) electrons. The van der Waals surface area contributed by atoms with Crippen LogP contribution in [-0.4, -0.2) is 17.5 Å². The summed E-state index contributed by atoms with van der Waals surface area (Å²) < 4.78 is 5.76. The Bertz CT molecular complexity index is 1130. The van der Waals surface area contributed by atoms with E-state index in [2.05, 4.69) is 15.8 Å². The molecule has 0 bridgehead atoms. The molecule has 0 saturated heterocycles. The minimum atomic E-state index is -0.881. The van der Waals surface area contributed by atoms with Gasteiger partial charge in [0.1, 0.15) is 12.4 Å². The Kier molecular flexibility index (Phi) is 7.71. The number of rotatable bonds is 7. The highest BCUT2D eigenvalue weighted by Gasteiger charge is 2.13. The van der Waals surface area contributed by atoms with Crippen LogP contribution in [0, 0.1) is 11.3 Å². The third kappa shape index (κ3) is 6.54. The van der Waals surface area contributed by atoms with E-state index in [9.17, 15) is 9.59 Å². The SMILES string of the molecule is C/C(=N\NC(=O)C(=O)Nc1ccc(CC#N)cc1)c1ccc(OCc2ccccc2)cc1. The smallest absolute Gasteiger partial charge is 0.329 e. The topological polar surface area (TPSA) is 104 Å². The molecule has 2 N–H and O–H groups in total. The molecule has 0 aromatic heterocycles. The highest BCUT2D eigenvalue weighted by molar-refractivity contribution is 6.39. The Morgan fingerprint density at radius 2 is 1.59 bits per heavy atom. The zero-order valence-corrected chi connectivity index (χ0v) is 17.5. The predicted octanol–water partition coefficient (Wildman–Crippen LogP) is 3.81. The van der Waals surface area contributed by atoms with Crippen molar-refractivity contribution in [1.82, 2.24) is 5.43 Å². The lowest BCUT2D eigenvalue weighted by Crippen LogP contribution is -2.32. The molecule has 3 rings (SSSR count). The van der Waals surface area contributed by atoms with Crippen molar-refractivity contribution < 1.29 is 14.3 Å². The Morgan fingerprint density at radius 1 is 0.906 bits per heavy atom. The Balaban J connectivity index is 1.51. The van der Waals surface area contributed by atoms with Crippen LogP contribution in [0.4, 0.5) is 5.69 Å². The van der Waals surface area contributed by atoms with E-state index in [4.69, 9.17) is 10.00 Å². The Labute approximate surface area is 186 Å². The summed E-state index contributed by atoms with van der Waals surface area (Å²) in [5, 5.41) is 15.2. The van der Waals surface area contributed by atoms with Gasteiger partial charge in [-0.25, -0.2) is 5.43 Å². The van der Waals surface area contributed by atoms with Crippen molar-refractivity contribution in [3.8, 4) is 11.8 Å². The first-order valence-corrected chi connectivity index (χ1v) is 9.94. The molecule has 0 fully saturated rings. The van der Waals surface area contributed by atoms with Gasteiger partial charge in [0, 0.05) is 5.69 Å². The van der Waals surface area contributed by atoms with Gasteiger partial charge in [0.05, 0.1) is 18.2 Å². The third-order valence-electron chi connectivity index (χ3n) is 4.55. The van der Waals surface area contributed by atoms with Gasteiger partial charge < -0.3 is 10.1 Å². The van der Waals surface area contributed by atoms with Crippen molar-refractivity contribution in [1.29, 1.82) is 5.26 Å². The molecule has 0 spiro atoms. The molecule has 2 amide bonds. The van der Waals surface area contributed by atoms with Crippen LogP contribution in [0.3, 0.4) is 0 Å². The maximum Gasteiger partial charge on any atom is 0.329 e. The van der Waals surface area contributed by atoms with Crippen LogP contribution >= 0.6 is 0 Å². The van der Waals surface area contributed by atoms with E-state index in [-0.39, 0.29) is 6.42 Å². The predicted molar refractivity (Wildman–Crippen MR) is 122 cm³/mol. The van der Waals surface area contributed by atoms with Gasteiger partial charge in [0.2, 0.25) is 0 Å². The van der Waals surface area contributed by atoms with Gasteiger partial charge in [-0.3, -0.25) is 9.59 Å². The average Bonchev–Trinajstić information content (AvgIpc) is 2.83. The number of amides is 2. The van der Waals surface area contributed by atoms with Crippen molar-refractivity contribution in [2.45, 2.75) is 20.0 Å². The number of ether oxygens (including phenoxy) is 1. The fourth-order valence-electron chi connectivity index (χ4n) is 2.77. The normalized spacial score (nSPS) is 10.7. The Morgan fingerprint density at radius 3 is 2.25 bits per heavy atom. The summed E-state index contributed by atoms with van der Waals surface area (Å²) in [7, 11) is 0. The molecule has 160 valence electrons. The van der Waals surface area contributed by atoms with E-state index < -0.39 is 11.8 Å². The summed E-state index contributed by atoms with van der Waals surface area (Å²) in [5.74, 6) is -0.998. The maximum atomic E-state index is 12.0. The second kappa shape index (κ2) is 11.1. The first-order chi connectivity index (χ1) is 15.5. The summed E-state index contributed by atoms with van der Waals surface area (Å²) in [6.07, 6.45) is 0.281. The second-order valence-electron chi connectivity index (χ2n) is 6.92. The number of nitrogens with one attached hydrogen (secondary N) is 2. The molecule has 3 aromatic carbocycles. The van der Waals surface area contributed by atoms with Gasteiger partial charge in [-0.05, 0) is 60.0 Å². The molecule has 0 unspecified atom stereocenters. The van der Waals surface area contributed by atoms with Gasteiger partial charge in [0.25, 0.3) is 0 Å². The highest BCUT2D eigenvalue weighted by Crippen LogP contribution is 2.15. The van der Waals surface area contributed by atoms with E-state index in [1.165, 1.54) is 0 Å². The summed E-state index contributed by atoms with van der Waals surface area (Å²) in [6.45, 7) is 2.20. The maximum absolute atomic E-state index is 12.0. The quantitative estimate of drug-likeness (QED) is 0.341. The van der Waals surface area contributed by atoms with Gasteiger partial charge in [-0.2, -0.15) is 10.4 Å². The van der Waals surface area contributed by atoms with Crippen molar-refractivity contribution in [2.75, 3.05) is 5.32 Å². The van der Waals surface area contributed by atoms with Gasteiger partial charge >= 0.3 is 11.8 Å². The van der Waals surface area contributed by atoms with Crippen LogP contribution in [0.5, 0.6) is 5.75 Å². The molecule has 0 heterocycles. The number of nitriles is 1. The monoisotopic (exact) mass is 426 g/mol. The number of hydrogen-bond donors (Lipinski definition) is 2. The van der Waals surface area contributed by atoms with E-state index in [1.807, 2.05) is 60.7 Å². The van der Waals surface area contributed by atoms with E-state index in [0.717, 1.165) is 22.4 Å². The molecule has 0 saturated carbocycles. The molecule has 7 heteroatoms. The number of hydrazone groups is 1. The molecular weight excluding hydrogens is 404 g/mol. The largest absolute Gasteiger partial charge is 0.489 e. The second-order valence-corrected chi connectivity index (χ2v) is 6.92. The van der Waals surface area contributed by atoms with E-state index >= 15 is 0 Å². The molecule has 0 aliphatic rings. The summed E-state index contributed by atoms with van der Waals surface area (Å²) >= 11 is 0. The lowest BCUT2D eigenvalue weighted by atomic mass is 10.1. The number of benzene rings is 3. The molecular formula is C25H22N4O3. The molecule has 0 atom stereocenters. The number of carbonyl (C=O) groups is 2. The van der Waals surface area contributed by atoms with Crippen LogP contribution in [0.2, 0.25) is 0 Å². The lowest BCUT2D eigenvalue weighted by Gasteiger charge is -2.08. The van der Waals surface area contributed by atoms with Crippen LogP contribution in [-0.2, 0) is 22.6 Å². The van der Waals surface area contributed by atoms with Crippen molar-refractivity contribution in [2.24, 2.45) is 5.10 Å². The lowest BCUT2D eigenvalue weighted by molar-refractivity contribution is -0.136. The molecule has 3 aromatic rings. The first-order valence-electron chi connectivity index (χ1n) is 9.94. The van der Waals surface area contributed by atoms with Crippen LogP contribution in [0.1, 0.15) is 23.6 Å². The molecule has 7 nitrogen and oxygen atoms in total. The summed E-state index contributed by atoms with van der Waals surface area (Å²) in [6, 6.07) is 25.9. The van der Waals surface area contributed by atoms with Crippen molar-refractivity contribution in [3.05, 3.63) is 95.6 Å². The van der Waals surface area contributed by atoms with Crippen LogP contribution in [0.25, 0.3) is 0 Å². The van der Waals surface area contributed by atoms with E-state index in [0.29, 0.717) is 18.0 Å². The molecule has 0 aliphatic heterocycles. The average molecular weight is 426 g/mol. The number of carbonyl (C=O) groups excluding carboxylic acids is 2. The van der Waals surface area contributed by atoms with Gasteiger partial charge in [-0.1, -0.05) is 42.5 Å². The zero-order chi connectivity index (χ0) is 22.8. The minimum absolute atomic E-state index is 0.281. The van der Waals surface area contributed by atoms with Crippen molar-refractivity contribution in [3.63, 3.8) is 0 Å². The van der Waals surface area contributed by atoms with Gasteiger partial charge in [-0.15, -0.1) is 0 Å². The molecule has 32 heavy (non-hydrogen) atoms. The minimum Gasteiger partial charge on any atom is -0.489 e. The van der Waals surface area contributed by atoms with Crippen molar-refractivity contribution >= 4 is 23.2 Å². The highest BCUT2D eigenvalue weighted by atomic mass is 16.5. The summed E-state index contributed by atoms with van der Waals surface area (Å²) in [4.78, 5) is 24.1. The zero-order valence-electron chi connectivity index (χ0n) is 17.5. The Hall–Kier alpha value is -4.44. The standard InChI is InChI=1S/C25H22N4O3/c1-18(21-9-13-23(14-10-21)32-17-20-5-3-2-4-6-20)28-29-25(31)24(30)27-22-11-7-19(8-12-22)15-16-26/h2-14H,15,17H2,1H3,(H,27,30)(H,29,31)/b28-18+. The first kappa shape index (κ1) is 22.2. The number of hydrogen-bond acceptors (Lipinski definition) is 5. The van der Waals surface area contributed by atoms with Gasteiger partial charge in [0.15, 0.2) is 0 Å². The van der Waals surface area contributed by atoms with Crippen LogP contribution < -0.4 is 15.5 Å². The molecule has 0 aliphatic carbocycles. The number of nitrogens with zero attached hydrogens (tertiary/aromatic N) is 2. The fraction of sp³-hybridized carbons (Fsp3) is 0.120. The fourth-order valence-corrected chi connectivity index (χ4v) is 2.77. The third-order valence-corrected chi connectivity index (χ3v) is 4.55. The van der Waals surface area contributed by atoms with E-state index in [1.54, 1.807) is 31.2 Å².